The van der Waals surface area contributed by atoms with Crippen molar-refractivity contribution in [3.05, 3.63) is 35.4 Å². The number of alkyl halides is 3. The highest BCUT2D eigenvalue weighted by atomic mass is 19.4. The number of amides is 1. The molecule has 1 unspecified atom stereocenters. The largest absolute Gasteiger partial charge is 0.470 e. The summed E-state index contributed by atoms with van der Waals surface area (Å²) in [5, 5.41) is 0. The molecule has 2 N–H and O–H groups in total. The highest BCUT2D eigenvalue weighted by molar-refractivity contribution is 5.79. The summed E-state index contributed by atoms with van der Waals surface area (Å²) in [7, 11) is 0. The van der Waals surface area contributed by atoms with Gasteiger partial charge in [-0.3, -0.25) is 9.69 Å². The molecule has 1 amide bonds. The Morgan fingerprint density at radius 2 is 1.85 bits per heavy atom. The molecular formula is C14H17F3N2O. The van der Waals surface area contributed by atoms with Crippen LogP contribution in [0.25, 0.3) is 0 Å². The van der Waals surface area contributed by atoms with Gasteiger partial charge in [-0.25, -0.2) is 0 Å². The molecule has 6 heteroatoms. The second-order valence-electron chi connectivity index (χ2n) is 5.00. The van der Waals surface area contributed by atoms with E-state index in [1.165, 1.54) is 32.4 Å². The van der Waals surface area contributed by atoms with E-state index in [1.54, 1.807) is 11.1 Å². The van der Waals surface area contributed by atoms with E-state index >= 15 is 0 Å². The Kier molecular flexibility index (Phi) is 4.32. The summed E-state index contributed by atoms with van der Waals surface area (Å²) in [6.45, 7) is 2.64. The molecular weight excluding hydrogens is 269 g/mol. The summed E-state index contributed by atoms with van der Waals surface area (Å²) in [4.78, 5) is 11.7. The highest BCUT2D eigenvalue weighted by Crippen LogP contribution is 2.37. The molecule has 1 aliphatic heterocycles. The minimum atomic E-state index is -4.86. The Bertz CT molecular complexity index is 484. The summed E-state index contributed by atoms with van der Waals surface area (Å²) in [5.74, 6) is -2.26. The normalized spacial score (nSPS) is 21.4. The number of halogens is 3. The topological polar surface area (TPSA) is 46.3 Å². The van der Waals surface area contributed by atoms with E-state index < -0.39 is 12.1 Å². The second-order valence-corrected chi connectivity index (χ2v) is 5.00. The summed E-state index contributed by atoms with van der Waals surface area (Å²) in [6.07, 6.45) is -0.824. The smallest absolute Gasteiger partial charge is 0.362 e. The number of aryl methyl sites for hydroxylation is 1. The van der Waals surface area contributed by atoms with Gasteiger partial charge in [0.2, 0.25) is 0 Å². The standard InChI is InChI=1S/C12H15N.C2H2F3NO/c1-2-5-11-10(4-1)6-7-12(11)13-8-3-9-13;3-2(4,5)1(6)7/h1-2,4-5,12H,3,6-9H2;(H2,6,7). The lowest BCUT2D eigenvalue weighted by molar-refractivity contribution is -0.169. The van der Waals surface area contributed by atoms with Gasteiger partial charge in [-0.2, -0.15) is 13.2 Å². The zero-order valence-corrected chi connectivity index (χ0v) is 11.0. The Hall–Kier alpha value is -1.56. The van der Waals surface area contributed by atoms with Crippen LogP contribution in [-0.4, -0.2) is 30.1 Å². The lowest BCUT2D eigenvalue weighted by Crippen LogP contribution is -2.39. The number of carbonyl (C=O) groups is 1. The van der Waals surface area contributed by atoms with Crippen molar-refractivity contribution < 1.29 is 18.0 Å². The number of hydrogen-bond acceptors (Lipinski definition) is 2. The van der Waals surface area contributed by atoms with Gasteiger partial charge in [-0.05, 0) is 43.5 Å². The third kappa shape index (κ3) is 3.30. The molecule has 0 saturated carbocycles. The van der Waals surface area contributed by atoms with E-state index in [1.807, 2.05) is 0 Å². The van der Waals surface area contributed by atoms with Crippen LogP contribution in [0.4, 0.5) is 13.2 Å². The molecule has 1 aromatic carbocycles. The van der Waals surface area contributed by atoms with Crippen molar-refractivity contribution in [3.63, 3.8) is 0 Å². The number of nitrogens with two attached hydrogens (primary N) is 1. The first-order chi connectivity index (χ1) is 9.39. The quantitative estimate of drug-likeness (QED) is 0.861. The Labute approximate surface area is 115 Å². The van der Waals surface area contributed by atoms with Crippen LogP contribution in [0.3, 0.4) is 0 Å². The van der Waals surface area contributed by atoms with Crippen molar-refractivity contribution in [2.75, 3.05) is 13.1 Å². The minimum absolute atomic E-state index is 0.755. The average molecular weight is 286 g/mol. The van der Waals surface area contributed by atoms with E-state index in [9.17, 15) is 13.2 Å². The van der Waals surface area contributed by atoms with Crippen LogP contribution < -0.4 is 5.73 Å². The number of likely N-dealkylation sites (tertiary alicyclic amines) is 1. The molecule has 110 valence electrons. The highest BCUT2D eigenvalue weighted by Gasteiger charge is 2.35. The fraction of sp³-hybridized carbons (Fsp3) is 0.500. The number of benzene rings is 1. The van der Waals surface area contributed by atoms with E-state index in [0.29, 0.717) is 0 Å². The maximum atomic E-state index is 10.7. The molecule has 2 aliphatic rings. The number of hydrogen-bond donors (Lipinski definition) is 1. The molecule has 0 radical (unpaired) electrons. The minimum Gasteiger partial charge on any atom is -0.362 e. The Morgan fingerprint density at radius 1 is 1.25 bits per heavy atom. The molecule has 1 atom stereocenters. The third-order valence-electron chi connectivity index (χ3n) is 3.71. The molecule has 0 bridgehead atoms. The van der Waals surface area contributed by atoms with Gasteiger partial charge in [0.1, 0.15) is 0 Å². The van der Waals surface area contributed by atoms with Crippen molar-refractivity contribution in [2.24, 2.45) is 5.73 Å². The first kappa shape index (κ1) is 14.8. The molecule has 3 rings (SSSR count). The van der Waals surface area contributed by atoms with Crippen LogP contribution in [0.15, 0.2) is 24.3 Å². The number of carbonyl (C=O) groups excluding carboxylic acids is 1. The molecule has 1 saturated heterocycles. The van der Waals surface area contributed by atoms with Crippen LogP contribution in [-0.2, 0) is 11.2 Å². The van der Waals surface area contributed by atoms with Crippen molar-refractivity contribution in [2.45, 2.75) is 31.5 Å². The number of fused-ring (bicyclic) bond motifs is 1. The SMILES string of the molecule is NC(=O)C(F)(F)F.c1ccc2c(c1)CCC2N1CCC1. The average Bonchev–Trinajstić information content (AvgIpc) is 2.71. The second kappa shape index (κ2) is 5.83. The van der Waals surface area contributed by atoms with E-state index in [0.717, 1.165) is 6.04 Å². The summed E-state index contributed by atoms with van der Waals surface area (Å²) >= 11 is 0. The first-order valence-electron chi connectivity index (χ1n) is 6.58. The summed E-state index contributed by atoms with van der Waals surface area (Å²) in [6, 6.07) is 9.69. The van der Waals surface area contributed by atoms with Crippen molar-refractivity contribution in [3.8, 4) is 0 Å². The molecule has 0 spiro atoms. The lowest BCUT2D eigenvalue weighted by atomic mass is 10.0. The van der Waals surface area contributed by atoms with Crippen molar-refractivity contribution in [1.29, 1.82) is 0 Å². The maximum absolute atomic E-state index is 10.7. The maximum Gasteiger partial charge on any atom is 0.470 e. The summed E-state index contributed by atoms with van der Waals surface area (Å²) in [5.41, 5.74) is 6.99. The fourth-order valence-electron chi connectivity index (χ4n) is 2.57. The van der Waals surface area contributed by atoms with E-state index in [4.69, 9.17) is 4.79 Å². The predicted molar refractivity (Wildman–Crippen MR) is 68.9 cm³/mol. The van der Waals surface area contributed by atoms with Gasteiger partial charge in [-0.15, -0.1) is 0 Å². The predicted octanol–water partition coefficient (Wildman–Crippen LogP) is 2.41. The monoisotopic (exact) mass is 286 g/mol. The van der Waals surface area contributed by atoms with Crippen molar-refractivity contribution >= 4 is 5.91 Å². The van der Waals surface area contributed by atoms with Crippen LogP contribution in [0.5, 0.6) is 0 Å². The number of nitrogens with zero attached hydrogens (tertiary/aromatic N) is 1. The van der Waals surface area contributed by atoms with Gasteiger partial charge >= 0.3 is 12.1 Å². The Balaban J connectivity index is 0.000000182. The van der Waals surface area contributed by atoms with Gasteiger partial charge in [0.15, 0.2) is 0 Å². The van der Waals surface area contributed by atoms with Gasteiger partial charge in [0.05, 0.1) is 0 Å². The molecule has 20 heavy (non-hydrogen) atoms. The molecule has 1 fully saturated rings. The zero-order valence-electron chi connectivity index (χ0n) is 11.0. The van der Waals surface area contributed by atoms with Crippen molar-refractivity contribution in [1.82, 2.24) is 4.90 Å². The van der Waals surface area contributed by atoms with Gasteiger partial charge in [-0.1, -0.05) is 24.3 Å². The Morgan fingerprint density at radius 3 is 2.35 bits per heavy atom. The summed E-state index contributed by atoms with van der Waals surface area (Å²) < 4.78 is 32.1. The lowest BCUT2D eigenvalue weighted by Gasteiger charge is -2.36. The zero-order chi connectivity index (χ0) is 14.8. The molecule has 1 aliphatic carbocycles. The third-order valence-corrected chi connectivity index (χ3v) is 3.71. The van der Waals surface area contributed by atoms with E-state index in [-0.39, 0.29) is 0 Å². The first-order valence-corrected chi connectivity index (χ1v) is 6.58. The number of primary amides is 1. The van der Waals surface area contributed by atoms with Gasteiger partial charge in [0, 0.05) is 6.04 Å². The molecule has 0 aromatic heterocycles. The molecule has 3 nitrogen and oxygen atoms in total. The van der Waals surface area contributed by atoms with E-state index in [2.05, 4.69) is 34.9 Å². The molecule has 1 aromatic rings. The fourth-order valence-corrected chi connectivity index (χ4v) is 2.57. The van der Waals surface area contributed by atoms with Crippen LogP contribution in [0.1, 0.15) is 30.0 Å². The van der Waals surface area contributed by atoms with Crippen LogP contribution in [0, 0.1) is 0 Å². The van der Waals surface area contributed by atoms with Crippen LogP contribution >= 0.6 is 0 Å². The van der Waals surface area contributed by atoms with Crippen LogP contribution in [0.2, 0.25) is 0 Å². The van der Waals surface area contributed by atoms with Gasteiger partial charge < -0.3 is 5.73 Å². The molecule has 1 heterocycles. The van der Waals surface area contributed by atoms with Gasteiger partial charge in [0.25, 0.3) is 0 Å². The number of rotatable bonds is 1.